The van der Waals surface area contributed by atoms with E-state index < -0.39 is 0 Å². The fourth-order valence-electron chi connectivity index (χ4n) is 3.23. The minimum atomic E-state index is 0.567. The molecule has 2 rings (SSSR count). The first-order chi connectivity index (χ1) is 7.85. The first kappa shape index (κ1) is 12.3. The van der Waals surface area contributed by atoms with Gasteiger partial charge in [-0.05, 0) is 31.7 Å². The van der Waals surface area contributed by atoms with Gasteiger partial charge >= 0.3 is 0 Å². The SMILES string of the molecule is CCC1CCCN(C(CN)C2CCOC2)C1. The highest BCUT2D eigenvalue weighted by Gasteiger charge is 2.31. The summed E-state index contributed by atoms with van der Waals surface area (Å²) in [5, 5.41) is 0. The molecule has 3 unspecified atom stereocenters. The molecule has 0 aromatic heterocycles. The molecule has 0 aromatic rings. The zero-order valence-corrected chi connectivity index (χ0v) is 10.5. The van der Waals surface area contributed by atoms with E-state index in [-0.39, 0.29) is 0 Å². The van der Waals surface area contributed by atoms with Gasteiger partial charge in [-0.2, -0.15) is 0 Å². The lowest BCUT2D eigenvalue weighted by atomic mass is 9.90. The smallest absolute Gasteiger partial charge is 0.0510 e. The Bertz CT molecular complexity index is 204. The molecule has 0 aliphatic carbocycles. The number of nitrogens with zero attached hydrogens (tertiary/aromatic N) is 1. The molecule has 3 nitrogen and oxygen atoms in total. The van der Waals surface area contributed by atoms with Gasteiger partial charge in [0.1, 0.15) is 0 Å². The summed E-state index contributed by atoms with van der Waals surface area (Å²) in [6.07, 6.45) is 5.28. The molecule has 3 atom stereocenters. The van der Waals surface area contributed by atoms with E-state index in [1.165, 1.54) is 38.8 Å². The van der Waals surface area contributed by atoms with E-state index in [9.17, 15) is 0 Å². The maximum atomic E-state index is 5.97. The van der Waals surface area contributed by atoms with Crippen LogP contribution in [0.1, 0.15) is 32.6 Å². The quantitative estimate of drug-likeness (QED) is 0.789. The molecule has 2 aliphatic rings. The van der Waals surface area contributed by atoms with Crippen LogP contribution in [0.25, 0.3) is 0 Å². The minimum Gasteiger partial charge on any atom is -0.381 e. The molecule has 2 fully saturated rings. The van der Waals surface area contributed by atoms with E-state index in [1.807, 2.05) is 0 Å². The van der Waals surface area contributed by atoms with Gasteiger partial charge in [-0.1, -0.05) is 13.3 Å². The third kappa shape index (κ3) is 2.76. The second-order valence-electron chi connectivity index (χ2n) is 5.34. The number of rotatable bonds is 4. The van der Waals surface area contributed by atoms with Crippen molar-refractivity contribution in [2.75, 3.05) is 32.8 Å². The Balaban J connectivity index is 1.91. The Morgan fingerprint density at radius 1 is 1.44 bits per heavy atom. The number of likely N-dealkylation sites (tertiary alicyclic amines) is 1. The third-order valence-corrected chi connectivity index (χ3v) is 4.35. The van der Waals surface area contributed by atoms with Crippen molar-refractivity contribution in [2.45, 2.75) is 38.6 Å². The molecule has 2 aliphatic heterocycles. The van der Waals surface area contributed by atoms with Crippen LogP contribution in [0.5, 0.6) is 0 Å². The monoisotopic (exact) mass is 226 g/mol. The van der Waals surface area contributed by atoms with Crippen LogP contribution in [0.2, 0.25) is 0 Å². The zero-order valence-electron chi connectivity index (χ0n) is 10.5. The predicted octanol–water partition coefficient (Wildman–Crippen LogP) is 1.47. The summed E-state index contributed by atoms with van der Waals surface area (Å²) >= 11 is 0. The molecule has 3 heteroatoms. The molecular formula is C13H26N2O. The van der Waals surface area contributed by atoms with E-state index in [2.05, 4.69) is 11.8 Å². The maximum Gasteiger partial charge on any atom is 0.0510 e. The number of piperidine rings is 1. The van der Waals surface area contributed by atoms with Crippen LogP contribution in [-0.4, -0.2) is 43.8 Å². The topological polar surface area (TPSA) is 38.5 Å². The molecule has 0 aromatic carbocycles. The van der Waals surface area contributed by atoms with Crippen molar-refractivity contribution in [2.24, 2.45) is 17.6 Å². The van der Waals surface area contributed by atoms with Crippen molar-refractivity contribution in [3.8, 4) is 0 Å². The van der Waals surface area contributed by atoms with Crippen molar-refractivity contribution in [3.63, 3.8) is 0 Å². The summed E-state index contributed by atoms with van der Waals surface area (Å²) in [4.78, 5) is 2.64. The molecule has 0 amide bonds. The molecule has 0 spiro atoms. The van der Waals surface area contributed by atoms with Gasteiger partial charge in [0.05, 0.1) is 6.61 Å². The highest BCUT2D eigenvalue weighted by atomic mass is 16.5. The van der Waals surface area contributed by atoms with E-state index in [1.54, 1.807) is 0 Å². The highest BCUT2D eigenvalue weighted by molar-refractivity contribution is 4.86. The fraction of sp³-hybridized carbons (Fsp3) is 1.00. The zero-order chi connectivity index (χ0) is 11.4. The molecule has 2 heterocycles. The van der Waals surface area contributed by atoms with Crippen molar-refractivity contribution in [1.82, 2.24) is 4.90 Å². The Labute approximate surface area is 99.3 Å². The normalized spacial score (nSPS) is 34.1. The van der Waals surface area contributed by atoms with Crippen LogP contribution in [0.4, 0.5) is 0 Å². The van der Waals surface area contributed by atoms with Crippen molar-refractivity contribution in [1.29, 1.82) is 0 Å². The van der Waals surface area contributed by atoms with Crippen LogP contribution in [-0.2, 0) is 4.74 Å². The Morgan fingerprint density at radius 2 is 2.31 bits per heavy atom. The molecule has 0 saturated carbocycles. The van der Waals surface area contributed by atoms with Crippen molar-refractivity contribution < 1.29 is 4.74 Å². The van der Waals surface area contributed by atoms with E-state index >= 15 is 0 Å². The van der Waals surface area contributed by atoms with E-state index in [4.69, 9.17) is 10.5 Å². The molecule has 0 radical (unpaired) electrons. The maximum absolute atomic E-state index is 5.97. The first-order valence-corrected chi connectivity index (χ1v) is 6.87. The largest absolute Gasteiger partial charge is 0.381 e. The summed E-state index contributed by atoms with van der Waals surface area (Å²) in [6.45, 7) is 7.47. The fourth-order valence-corrected chi connectivity index (χ4v) is 3.23. The second-order valence-corrected chi connectivity index (χ2v) is 5.34. The van der Waals surface area contributed by atoms with Gasteiger partial charge in [0, 0.05) is 31.7 Å². The lowest BCUT2D eigenvalue weighted by Crippen LogP contribution is -2.50. The van der Waals surface area contributed by atoms with Crippen LogP contribution in [0.3, 0.4) is 0 Å². The van der Waals surface area contributed by atoms with Crippen molar-refractivity contribution >= 4 is 0 Å². The molecular weight excluding hydrogens is 200 g/mol. The van der Waals surface area contributed by atoms with Gasteiger partial charge in [-0.25, -0.2) is 0 Å². The molecule has 0 bridgehead atoms. The Hall–Kier alpha value is -0.120. The van der Waals surface area contributed by atoms with Gasteiger partial charge in [-0.3, -0.25) is 4.90 Å². The molecule has 2 saturated heterocycles. The van der Waals surface area contributed by atoms with Gasteiger partial charge in [-0.15, -0.1) is 0 Å². The van der Waals surface area contributed by atoms with Gasteiger partial charge in [0.25, 0.3) is 0 Å². The lowest BCUT2D eigenvalue weighted by Gasteiger charge is -2.40. The van der Waals surface area contributed by atoms with E-state index in [0.717, 1.165) is 25.7 Å². The summed E-state index contributed by atoms with van der Waals surface area (Å²) < 4.78 is 5.50. The van der Waals surface area contributed by atoms with Crippen molar-refractivity contribution in [3.05, 3.63) is 0 Å². The van der Waals surface area contributed by atoms with Crippen LogP contribution in [0, 0.1) is 11.8 Å². The number of hydrogen-bond donors (Lipinski definition) is 1. The molecule has 16 heavy (non-hydrogen) atoms. The number of hydrogen-bond acceptors (Lipinski definition) is 3. The Kier molecular flexibility index (Phi) is 4.62. The average molecular weight is 226 g/mol. The Morgan fingerprint density at radius 3 is 2.94 bits per heavy atom. The molecule has 94 valence electrons. The standard InChI is InChI=1S/C13H26N2O/c1-2-11-4-3-6-15(9-11)13(8-14)12-5-7-16-10-12/h11-13H,2-10,14H2,1H3. The van der Waals surface area contributed by atoms with Gasteiger partial charge < -0.3 is 10.5 Å². The summed E-state index contributed by atoms with van der Waals surface area (Å²) in [7, 11) is 0. The first-order valence-electron chi connectivity index (χ1n) is 6.87. The van der Waals surface area contributed by atoms with E-state index in [0.29, 0.717) is 12.0 Å². The number of ether oxygens (including phenoxy) is 1. The lowest BCUT2D eigenvalue weighted by molar-refractivity contribution is 0.0805. The van der Waals surface area contributed by atoms with Crippen LogP contribution in [0.15, 0.2) is 0 Å². The minimum absolute atomic E-state index is 0.567. The summed E-state index contributed by atoms with van der Waals surface area (Å²) in [5.41, 5.74) is 5.97. The van der Waals surface area contributed by atoms with Crippen LogP contribution >= 0.6 is 0 Å². The van der Waals surface area contributed by atoms with Gasteiger partial charge in [0.15, 0.2) is 0 Å². The third-order valence-electron chi connectivity index (χ3n) is 4.35. The second kappa shape index (κ2) is 5.99. The average Bonchev–Trinajstić information content (AvgIpc) is 2.84. The summed E-state index contributed by atoms with van der Waals surface area (Å²) in [6, 6.07) is 0.567. The predicted molar refractivity (Wildman–Crippen MR) is 66.4 cm³/mol. The number of nitrogens with two attached hydrogens (primary N) is 1. The molecule has 2 N–H and O–H groups in total. The van der Waals surface area contributed by atoms with Crippen LogP contribution < -0.4 is 5.73 Å². The highest BCUT2D eigenvalue weighted by Crippen LogP contribution is 2.26. The van der Waals surface area contributed by atoms with Gasteiger partial charge in [0.2, 0.25) is 0 Å². The summed E-state index contributed by atoms with van der Waals surface area (Å²) in [5.74, 6) is 1.57.